The SMILES string of the molecule is COc1ccc2cc(NC(=O)N3CCC4(CCCN(C)C4)C3)ccc2n1. The number of pyridine rings is 1. The highest BCUT2D eigenvalue weighted by Crippen LogP contribution is 2.38. The van der Waals surface area contributed by atoms with Gasteiger partial charge in [-0.3, -0.25) is 0 Å². The molecule has 1 unspecified atom stereocenters. The largest absolute Gasteiger partial charge is 0.481 e. The molecule has 2 amide bonds. The lowest BCUT2D eigenvalue weighted by molar-refractivity contribution is 0.117. The standard InChI is InChI=1S/C20H26N4O2/c1-23-10-3-8-20(13-23)9-11-24(14-20)19(25)21-16-5-6-17-15(12-16)4-7-18(22-17)26-2/h4-7,12H,3,8-11,13-14H2,1-2H3,(H,21,25). The summed E-state index contributed by atoms with van der Waals surface area (Å²) in [6, 6.07) is 9.55. The van der Waals surface area contributed by atoms with Gasteiger partial charge < -0.3 is 19.9 Å². The molecule has 6 nitrogen and oxygen atoms in total. The van der Waals surface area contributed by atoms with Gasteiger partial charge in [0.15, 0.2) is 0 Å². The quantitative estimate of drug-likeness (QED) is 0.900. The molecule has 2 fully saturated rings. The smallest absolute Gasteiger partial charge is 0.321 e. The fourth-order valence-electron chi connectivity index (χ4n) is 4.40. The molecular weight excluding hydrogens is 328 g/mol. The number of nitrogens with zero attached hydrogens (tertiary/aromatic N) is 3. The molecule has 2 aromatic rings. The number of carbonyl (C=O) groups is 1. The summed E-state index contributed by atoms with van der Waals surface area (Å²) in [6.07, 6.45) is 3.56. The van der Waals surface area contributed by atoms with Crippen LogP contribution < -0.4 is 10.1 Å². The molecule has 1 N–H and O–H groups in total. The van der Waals surface area contributed by atoms with E-state index in [1.807, 2.05) is 35.2 Å². The lowest BCUT2D eigenvalue weighted by Crippen LogP contribution is -2.44. The number of fused-ring (bicyclic) bond motifs is 1. The van der Waals surface area contributed by atoms with E-state index >= 15 is 0 Å². The Kier molecular flexibility index (Phi) is 4.44. The zero-order chi connectivity index (χ0) is 18.1. The third-order valence-corrected chi connectivity index (χ3v) is 5.70. The van der Waals surface area contributed by atoms with Crippen LogP contribution in [0.4, 0.5) is 10.5 Å². The molecule has 1 aromatic carbocycles. The number of nitrogens with one attached hydrogen (secondary N) is 1. The summed E-state index contributed by atoms with van der Waals surface area (Å²) in [7, 11) is 3.79. The molecule has 0 radical (unpaired) electrons. The van der Waals surface area contributed by atoms with Gasteiger partial charge in [-0.15, -0.1) is 0 Å². The van der Waals surface area contributed by atoms with E-state index in [4.69, 9.17) is 4.74 Å². The second kappa shape index (κ2) is 6.76. The topological polar surface area (TPSA) is 57.7 Å². The molecule has 0 saturated carbocycles. The van der Waals surface area contributed by atoms with Crippen LogP contribution >= 0.6 is 0 Å². The van der Waals surface area contributed by atoms with E-state index in [1.54, 1.807) is 7.11 Å². The summed E-state index contributed by atoms with van der Waals surface area (Å²) < 4.78 is 5.16. The van der Waals surface area contributed by atoms with Crippen LogP contribution in [0, 0.1) is 5.41 Å². The zero-order valence-corrected chi connectivity index (χ0v) is 15.5. The molecule has 1 atom stereocenters. The predicted molar refractivity (Wildman–Crippen MR) is 103 cm³/mol. The molecule has 2 aliphatic rings. The van der Waals surface area contributed by atoms with Gasteiger partial charge in [-0.25, -0.2) is 9.78 Å². The van der Waals surface area contributed by atoms with Crippen LogP contribution in [0.3, 0.4) is 0 Å². The minimum atomic E-state index is -0.00378. The van der Waals surface area contributed by atoms with Crippen molar-refractivity contribution in [1.29, 1.82) is 0 Å². The van der Waals surface area contributed by atoms with Crippen molar-refractivity contribution in [3.05, 3.63) is 30.3 Å². The zero-order valence-electron chi connectivity index (χ0n) is 15.5. The maximum absolute atomic E-state index is 12.7. The molecule has 3 heterocycles. The lowest BCUT2D eigenvalue weighted by atomic mass is 9.79. The molecule has 26 heavy (non-hydrogen) atoms. The minimum absolute atomic E-state index is 0.00378. The number of benzene rings is 1. The molecule has 1 spiro atoms. The number of hydrogen-bond donors (Lipinski definition) is 1. The van der Waals surface area contributed by atoms with Gasteiger partial charge in [0.2, 0.25) is 5.88 Å². The first kappa shape index (κ1) is 17.1. The van der Waals surface area contributed by atoms with Gasteiger partial charge >= 0.3 is 6.03 Å². The average Bonchev–Trinajstić information content (AvgIpc) is 3.04. The summed E-state index contributed by atoms with van der Waals surface area (Å²) in [5.74, 6) is 0.592. The van der Waals surface area contributed by atoms with E-state index in [0.717, 1.165) is 42.6 Å². The van der Waals surface area contributed by atoms with Gasteiger partial charge in [0, 0.05) is 42.2 Å². The number of rotatable bonds is 2. The van der Waals surface area contributed by atoms with Crippen molar-refractivity contribution in [2.45, 2.75) is 19.3 Å². The van der Waals surface area contributed by atoms with Crippen LogP contribution in [0.2, 0.25) is 0 Å². The first-order valence-electron chi connectivity index (χ1n) is 9.26. The summed E-state index contributed by atoms with van der Waals surface area (Å²) >= 11 is 0. The predicted octanol–water partition coefficient (Wildman–Crippen LogP) is 3.19. The van der Waals surface area contributed by atoms with E-state index in [9.17, 15) is 4.79 Å². The number of ether oxygens (including phenoxy) is 1. The third kappa shape index (κ3) is 3.33. The second-order valence-corrected chi connectivity index (χ2v) is 7.70. The Labute approximate surface area is 154 Å². The third-order valence-electron chi connectivity index (χ3n) is 5.70. The Morgan fingerprint density at radius 3 is 2.88 bits per heavy atom. The number of methoxy groups -OCH3 is 1. The molecule has 6 heteroatoms. The fraction of sp³-hybridized carbons (Fsp3) is 0.500. The first-order chi connectivity index (χ1) is 12.6. The van der Waals surface area contributed by atoms with Gasteiger partial charge in [0.1, 0.15) is 0 Å². The minimum Gasteiger partial charge on any atom is -0.481 e. The Bertz CT molecular complexity index is 825. The summed E-state index contributed by atoms with van der Waals surface area (Å²) in [5.41, 5.74) is 1.94. The van der Waals surface area contributed by atoms with Crippen LogP contribution in [0.1, 0.15) is 19.3 Å². The number of carbonyl (C=O) groups excluding carboxylic acids is 1. The molecule has 0 aliphatic carbocycles. The fourth-order valence-corrected chi connectivity index (χ4v) is 4.40. The van der Waals surface area contributed by atoms with Crippen molar-refractivity contribution in [3.8, 4) is 5.88 Å². The van der Waals surface area contributed by atoms with Gasteiger partial charge in [0.25, 0.3) is 0 Å². The molecule has 1 aromatic heterocycles. The number of anilines is 1. The van der Waals surface area contributed by atoms with Crippen LogP contribution in [0.25, 0.3) is 10.9 Å². The van der Waals surface area contributed by atoms with Gasteiger partial charge in [0.05, 0.1) is 12.6 Å². The summed E-state index contributed by atoms with van der Waals surface area (Å²) in [6.45, 7) is 3.96. The number of amides is 2. The maximum atomic E-state index is 12.7. The molecule has 2 saturated heterocycles. The van der Waals surface area contributed by atoms with Crippen molar-refractivity contribution in [1.82, 2.24) is 14.8 Å². The highest BCUT2D eigenvalue weighted by Gasteiger charge is 2.42. The number of aromatic nitrogens is 1. The van der Waals surface area contributed by atoms with Crippen LogP contribution in [-0.2, 0) is 0 Å². The second-order valence-electron chi connectivity index (χ2n) is 7.70. The highest BCUT2D eigenvalue weighted by molar-refractivity contribution is 5.92. The molecule has 138 valence electrons. The van der Waals surface area contributed by atoms with Gasteiger partial charge in [-0.2, -0.15) is 0 Å². The van der Waals surface area contributed by atoms with Crippen LogP contribution in [-0.4, -0.2) is 61.2 Å². The van der Waals surface area contributed by atoms with Crippen molar-refractivity contribution < 1.29 is 9.53 Å². The molecule has 0 bridgehead atoms. The Morgan fingerprint density at radius 1 is 1.19 bits per heavy atom. The normalized spacial score (nSPS) is 23.5. The Hall–Kier alpha value is -2.34. The number of likely N-dealkylation sites (tertiary alicyclic amines) is 2. The number of piperidine rings is 1. The summed E-state index contributed by atoms with van der Waals surface area (Å²) in [5, 5.41) is 4.03. The van der Waals surface area contributed by atoms with Crippen molar-refractivity contribution in [2.75, 3.05) is 45.7 Å². The van der Waals surface area contributed by atoms with E-state index in [0.29, 0.717) is 5.88 Å². The van der Waals surface area contributed by atoms with Gasteiger partial charge in [-0.05, 0) is 57.1 Å². The van der Waals surface area contributed by atoms with Crippen molar-refractivity contribution in [2.24, 2.45) is 5.41 Å². The van der Waals surface area contributed by atoms with Crippen molar-refractivity contribution in [3.63, 3.8) is 0 Å². The van der Waals surface area contributed by atoms with E-state index < -0.39 is 0 Å². The average molecular weight is 354 g/mol. The lowest BCUT2D eigenvalue weighted by Gasteiger charge is -2.38. The summed E-state index contributed by atoms with van der Waals surface area (Å²) in [4.78, 5) is 21.5. The highest BCUT2D eigenvalue weighted by atomic mass is 16.5. The van der Waals surface area contributed by atoms with Gasteiger partial charge in [-0.1, -0.05) is 0 Å². The van der Waals surface area contributed by atoms with E-state index in [-0.39, 0.29) is 11.4 Å². The number of hydrogen-bond acceptors (Lipinski definition) is 4. The van der Waals surface area contributed by atoms with E-state index in [2.05, 4.69) is 22.2 Å². The Balaban J connectivity index is 1.44. The Morgan fingerprint density at radius 2 is 2.08 bits per heavy atom. The van der Waals surface area contributed by atoms with E-state index in [1.165, 1.54) is 19.4 Å². The maximum Gasteiger partial charge on any atom is 0.321 e. The monoisotopic (exact) mass is 354 g/mol. The van der Waals surface area contributed by atoms with Crippen molar-refractivity contribution >= 4 is 22.6 Å². The van der Waals surface area contributed by atoms with Crippen LogP contribution in [0.5, 0.6) is 5.88 Å². The first-order valence-corrected chi connectivity index (χ1v) is 9.26. The molecule has 4 rings (SSSR count). The molecule has 2 aliphatic heterocycles. The molecular formula is C20H26N4O2. The van der Waals surface area contributed by atoms with Crippen LogP contribution in [0.15, 0.2) is 30.3 Å². The number of urea groups is 1.